The van der Waals surface area contributed by atoms with Crippen LogP contribution in [0.2, 0.25) is 0 Å². The Balaban J connectivity index is 1.10. The molecule has 4 aromatic rings. The molecular formula is C30H27FN4O6S. The van der Waals surface area contributed by atoms with Gasteiger partial charge in [0.15, 0.2) is 9.84 Å². The lowest BCUT2D eigenvalue weighted by Crippen LogP contribution is -2.41. The van der Waals surface area contributed by atoms with Crippen LogP contribution >= 0.6 is 0 Å². The summed E-state index contributed by atoms with van der Waals surface area (Å²) in [6, 6.07) is 18.0. The van der Waals surface area contributed by atoms with Gasteiger partial charge in [-0.3, -0.25) is 14.6 Å². The van der Waals surface area contributed by atoms with Crippen molar-refractivity contribution < 1.29 is 31.9 Å². The van der Waals surface area contributed by atoms with Crippen molar-refractivity contribution in [2.24, 2.45) is 0 Å². The average molecular weight is 591 g/mol. The molecule has 216 valence electrons. The van der Waals surface area contributed by atoms with Gasteiger partial charge < -0.3 is 19.7 Å². The maximum Gasteiger partial charge on any atom is 0.274 e. The van der Waals surface area contributed by atoms with E-state index in [4.69, 9.17) is 9.47 Å². The molecule has 3 heterocycles. The Morgan fingerprint density at radius 1 is 0.881 bits per heavy atom. The standard InChI is InChI=1S/C30H27FN4O6S/c1-42(38,39)26-10-8-23(9-11-26)40-25-14-16-35(17-15-25)30(37)20-2-12-27(32-18-20)29(36)34-22-5-13-28(33-19-22)41-24-6-3-21(31)4-7-24/h2-13,18-19,25H,14-17H2,1H3,(H,34,36). The van der Waals surface area contributed by atoms with Gasteiger partial charge in [0.05, 0.1) is 22.3 Å². The Hall–Kier alpha value is -4.84. The summed E-state index contributed by atoms with van der Waals surface area (Å²) in [6.07, 6.45) is 5.10. The number of benzene rings is 2. The quantitative estimate of drug-likeness (QED) is 0.312. The topological polar surface area (TPSA) is 128 Å². The number of likely N-dealkylation sites (tertiary alicyclic amines) is 1. The van der Waals surface area contributed by atoms with Crippen molar-refractivity contribution in [3.8, 4) is 17.4 Å². The molecule has 1 saturated heterocycles. The molecule has 10 nitrogen and oxygen atoms in total. The van der Waals surface area contributed by atoms with E-state index in [1.165, 1.54) is 54.9 Å². The Kier molecular flexibility index (Phi) is 8.43. The molecule has 2 amide bonds. The third-order valence-corrected chi connectivity index (χ3v) is 7.69. The fourth-order valence-corrected chi connectivity index (χ4v) is 4.94. The number of carbonyl (C=O) groups is 2. The van der Waals surface area contributed by atoms with Crippen LogP contribution in [0.25, 0.3) is 0 Å². The van der Waals surface area contributed by atoms with Gasteiger partial charge >= 0.3 is 0 Å². The van der Waals surface area contributed by atoms with Crippen LogP contribution in [0.5, 0.6) is 17.4 Å². The van der Waals surface area contributed by atoms with Crippen LogP contribution < -0.4 is 14.8 Å². The minimum Gasteiger partial charge on any atom is -0.490 e. The highest BCUT2D eigenvalue weighted by molar-refractivity contribution is 7.90. The number of amides is 2. The number of hydrogen-bond donors (Lipinski definition) is 1. The van der Waals surface area contributed by atoms with Gasteiger partial charge in [-0.25, -0.2) is 17.8 Å². The largest absolute Gasteiger partial charge is 0.490 e. The van der Waals surface area contributed by atoms with Gasteiger partial charge in [0.1, 0.15) is 29.1 Å². The molecule has 0 bridgehead atoms. The summed E-state index contributed by atoms with van der Waals surface area (Å²) in [4.78, 5) is 35.9. The molecule has 2 aromatic heterocycles. The third-order valence-electron chi connectivity index (χ3n) is 6.56. The second-order valence-corrected chi connectivity index (χ2v) is 11.7. The van der Waals surface area contributed by atoms with Crippen LogP contribution in [-0.2, 0) is 9.84 Å². The Labute approximate surface area is 242 Å². The zero-order valence-electron chi connectivity index (χ0n) is 22.6. The minimum absolute atomic E-state index is 0.0969. The van der Waals surface area contributed by atoms with E-state index < -0.39 is 15.7 Å². The Bertz CT molecular complexity index is 1660. The van der Waals surface area contributed by atoms with Crippen molar-refractivity contribution >= 4 is 27.3 Å². The van der Waals surface area contributed by atoms with E-state index in [-0.39, 0.29) is 34.3 Å². The zero-order chi connectivity index (χ0) is 29.7. The van der Waals surface area contributed by atoms with E-state index in [1.807, 2.05) is 0 Å². The number of aromatic nitrogens is 2. The predicted octanol–water partition coefficient (Wildman–Crippen LogP) is 4.75. The molecule has 0 spiro atoms. The summed E-state index contributed by atoms with van der Waals surface area (Å²) in [6.45, 7) is 0.974. The fraction of sp³-hybridized carbons (Fsp3) is 0.200. The first-order valence-corrected chi connectivity index (χ1v) is 15.0. The molecule has 0 atom stereocenters. The number of carbonyl (C=O) groups excluding carboxylic acids is 2. The predicted molar refractivity (Wildman–Crippen MR) is 152 cm³/mol. The summed E-state index contributed by atoms with van der Waals surface area (Å²) in [7, 11) is -3.27. The minimum atomic E-state index is -3.27. The molecule has 1 fully saturated rings. The molecule has 2 aromatic carbocycles. The number of ether oxygens (including phenoxy) is 2. The Morgan fingerprint density at radius 2 is 1.57 bits per heavy atom. The SMILES string of the molecule is CS(=O)(=O)c1ccc(OC2CCN(C(=O)c3ccc(C(=O)Nc4ccc(Oc5ccc(F)cc5)nc4)nc3)CC2)cc1. The zero-order valence-corrected chi connectivity index (χ0v) is 23.4. The van der Waals surface area contributed by atoms with Gasteiger partial charge in [0, 0.05) is 44.5 Å². The number of anilines is 1. The maximum absolute atomic E-state index is 13.0. The van der Waals surface area contributed by atoms with Crippen LogP contribution in [-0.4, -0.2) is 60.5 Å². The van der Waals surface area contributed by atoms with Crippen LogP contribution in [0.3, 0.4) is 0 Å². The monoisotopic (exact) mass is 590 g/mol. The van der Waals surface area contributed by atoms with Crippen molar-refractivity contribution in [1.29, 1.82) is 0 Å². The van der Waals surface area contributed by atoms with E-state index >= 15 is 0 Å². The fourth-order valence-electron chi connectivity index (χ4n) is 4.30. The van der Waals surface area contributed by atoms with Gasteiger partial charge in [-0.2, -0.15) is 0 Å². The maximum atomic E-state index is 13.0. The number of piperidine rings is 1. The summed E-state index contributed by atoms with van der Waals surface area (Å²) < 4.78 is 47.8. The lowest BCUT2D eigenvalue weighted by molar-refractivity contribution is 0.0594. The number of halogens is 1. The summed E-state index contributed by atoms with van der Waals surface area (Å²) in [5.41, 5.74) is 0.920. The highest BCUT2D eigenvalue weighted by atomic mass is 32.2. The van der Waals surface area contributed by atoms with Crippen molar-refractivity contribution in [2.45, 2.75) is 23.8 Å². The Morgan fingerprint density at radius 3 is 2.17 bits per heavy atom. The van der Waals surface area contributed by atoms with Gasteiger partial charge in [0.25, 0.3) is 11.8 Å². The van der Waals surface area contributed by atoms with Gasteiger partial charge in [-0.1, -0.05) is 0 Å². The lowest BCUT2D eigenvalue weighted by atomic mass is 10.1. The van der Waals surface area contributed by atoms with Crippen molar-refractivity contribution in [3.05, 3.63) is 102 Å². The highest BCUT2D eigenvalue weighted by Crippen LogP contribution is 2.23. The number of nitrogens with zero attached hydrogens (tertiary/aromatic N) is 3. The van der Waals surface area contributed by atoms with Crippen molar-refractivity contribution in [3.63, 3.8) is 0 Å². The van der Waals surface area contributed by atoms with Gasteiger partial charge in [-0.15, -0.1) is 0 Å². The summed E-state index contributed by atoms with van der Waals surface area (Å²) in [5.74, 6) is 0.256. The molecule has 0 unspecified atom stereocenters. The van der Waals surface area contributed by atoms with Crippen LogP contribution in [0, 0.1) is 5.82 Å². The van der Waals surface area contributed by atoms with Crippen LogP contribution in [0.15, 0.2) is 90.1 Å². The number of pyridine rings is 2. The second-order valence-electron chi connectivity index (χ2n) is 9.68. The first-order chi connectivity index (χ1) is 20.1. The molecule has 0 radical (unpaired) electrons. The molecule has 42 heavy (non-hydrogen) atoms. The molecule has 0 aliphatic carbocycles. The normalized spacial score (nSPS) is 13.8. The van der Waals surface area contributed by atoms with E-state index in [2.05, 4.69) is 15.3 Å². The molecule has 1 aliphatic rings. The molecular weight excluding hydrogens is 563 g/mol. The molecule has 0 saturated carbocycles. The molecule has 12 heteroatoms. The van der Waals surface area contributed by atoms with Crippen LogP contribution in [0.1, 0.15) is 33.7 Å². The average Bonchev–Trinajstić information content (AvgIpc) is 2.99. The summed E-state index contributed by atoms with van der Waals surface area (Å²) in [5, 5.41) is 2.70. The van der Waals surface area contributed by atoms with E-state index in [9.17, 15) is 22.4 Å². The van der Waals surface area contributed by atoms with E-state index in [1.54, 1.807) is 35.2 Å². The number of sulfone groups is 1. The smallest absolute Gasteiger partial charge is 0.274 e. The first kappa shape index (κ1) is 28.7. The molecule has 5 rings (SSSR count). The number of rotatable bonds is 8. The number of nitrogens with one attached hydrogen (secondary N) is 1. The summed E-state index contributed by atoms with van der Waals surface area (Å²) >= 11 is 0. The molecule has 1 N–H and O–H groups in total. The first-order valence-electron chi connectivity index (χ1n) is 13.1. The molecule has 1 aliphatic heterocycles. The van der Waals surface area contributed by atoms with Crippen molar-refractivity contribution in [2.75, 3.05) is 24.7 Å². The lowest BCUT2D eigenvalue weighted by Gasteiger charge is -2.32. The van der Waals surface area contributed by atoms with E-state index in [0.717, 1.165) is 6.26 Å². The second kappa shape index (κ2) is 12.4. The number of hydrogen-bond acceptors (Lipinski definition) is 8. The van der Waals surface area contributed by atoms with Crippen molar-refractivity contribution in [1.82, 2.24) is 14.9 Å². The van der Waals surface area contributed by atoms with E-state index in [0.29, 0.717) is 48.7 Å². The highest BCUT2D eigenvalue weighted by Gasteiger charge is 2.25. The van der Waals surface area contributed by atoms with Gasteiger partial charge in [-0.05, 0) is 66.7 Å². The third kappa shape index (κ3) is 7.26. The van der Waals surface area contributed by atoms with Gasteiger partial charge in [0.2, 0.25) is 5.88 Å². The van der Waals surface area contributed by atoms with Crippen LogP contribution in [0.4, 0.5) is 10.1 Å².